The number of nitrogens with zero attached hydrogens (tertiary/aromatic N) is 3. The number of rotatable bonds is 3. The van der Waals surface area contributed by atoms with Crippen molar-refractivity contribution in [1.82, 2.24) is 0 Å². The molecule has 0 unspecified atom stereocenters. The standard InChI is InChI=1S/C7H11N3O2/c1-7(2)11-5-6(12-7)3-4-9-10-8/h5H,3-4H2,1-2H3. The molecule has 0 saturated heterocycles. The molecule has 0 radical (unpaired) electrons. The van der Waals surface area contributed by atoms with Crippen LogP contribution >= 0.6 is 0 Å². The summed E-state index contributed by atoms with van der Waals surface area (Å²) in [5.41, 5.74) is 8.01. The molecule has 0 N–H and O–H groups in total. The first-order valence-corrected chi connectivity index (χ1v) is 3.71. The van der Waals surface area contributed by atoms with Crippen molar-refractivity contribution in [3.8, 4) is 0 Å². The van der Waals surface area contributed by atoms with Gasteiger partial charge in [-0.3, -0.25) is 0 Å². The van der Waals surface area contributed by atoms with Gasteiger partial charge in [-0.1, -0.05) is 5.11 Å². The summed E-state index contributed by atoms with van der Waals surface area (Å²) in [7, 11) is 0. The van der Waals surface area contributed by atoms with Crippen molar-refractivity contribution in [2.24, 2.45) is 5.11 Å². The summed E-state index contributed by atoms with van der Waals surface area (Å²) < 4.78 is 10.5. The average molecular weight is 169 g/mol. The highest BCUT2D eigenvalue weighted by Gasteiger charge is 2.26. The van der Waals surface area contributed by atoms with Gasteiger partial charge in [0.25, 0.3) is 0 Å². The smallest absolute Gasteiger partial charge is 0.244 e. The van der Waals surface area contributed by atoms with E-state index in [0.29, 0.717) is 13.0 Å². The first-order chi connectivity index (χ1) is 5.64. The predicted octanol–water partition coefficient (Wildman–Crippen LogP) is 2.31. The molecule has 0 aliphatic carbocycles. The Balaban J connectivity index is 2.32. The van der Waals surface area contributed by atoms with Crippen LogP contribution in [0.15, 0.2) is 17.1 Å². The van der Waals surface area contributed by atoms with Crippen LogP contribution in [-0.4, -0.2) is 12.3 Å². The Labute approximate surface area is 70.6 Å². The lowest BCUT2D eigenvalue weighted by molar-refractivity contribution is -0.117. The Kier molecular flexibility index (Phi) is 2.45. The Hall–Kier alpha value is -1.35. The minimum Gasteiger partial charge on any atom is -0.457 e. The molecule has 1 rings (SSSR count). The van der Waals surface area contributed by atoms with Crippen molar-refractivity contribution in [3.05, 3.63) is 22.5 Å². The van der Waals surface area contributed by atoms with Crippen LogP contribution in [0.25, 0.3) is 10.4 Å². The van der Waals surface area contributed by atoms with Crippen LogP contribution in [0.5, 0.6) is 0 Å². The fourth-order valence-corrected chi connectivity index (χ4v) is 0.886. The zero-order chi connectivity index (χ0) is 9.03. The van der Waals surface area contributed by atoms with Crippen LogP contribution < -0.4 is 0 Å². The second kappa shape index (κ2) is 3.36. The Morgan fingerprint density at radius 1 is 1.67 bits per heavy atom. The molecule has 5 heteroatoms. The van der Waals surface area contributed by atoms with Gasteiger partial charge in [-0.25, -0.2) is 0 Å². The van der Waals surface area contributed by atoms with Crippen LogP contribution in [0.1, 0.15) is 20.3 Å². The number of azide groups is 1. The summed E-state index contributed by atoms with van der Waals surface area (Å²) in [6, 6.07) is 0. The minimum absolute atomic E-state index is 0.405. The molecule has 5 nitrogen and oxygen atoms in total. The lowest BCUT2D eigenvalue weighted by Crippen LogP contribution is -2.20. The average Bonchev–Trinajstić information content (AvgIpc) is 2.31. The summed E-state index contributed by atoms with van der Waals surface area (Å²) in [5, 5.41) is 3.39. The summed E-state index contributed by atoms with van der Waals surface area (Å²) in [6.45, 7) is 4.05. The second-order valence-electron chi connectivity index (χ2n) is 2.91. The lowest BCUT2D eigenvalue weighted by atomic mass is 10.3. The quantitative estimate of drug-likeness (QED) is 0.369. The van der Waals surface area contributed by atoms with E-state index in [1.807, 2.05) is 13.8 Å². The molecular formula is C7H11N3O2. The van der Waals surface area contributed by atoms with Crippen molar-refractivity contribution >= 4 is 0 Å². The first-order valence-electron chi connectivity index (χ1n) is 3.71. The SMILES string of the molecule is CC1(C)OC=C(CCN=[N+]=[N-])O1. The van der Waals surface area contributed by atoms with E-state index in [9.17, 15) is 0 Å². The molecule has 12 heavy (non-hydrogen) atoms. The molecule has 0 fully saturated rings. The monoisotopic (exact) mass is 169 g/mol. The van der Waals surface area contributed by atoms with Gasteiger partial charge in [0, 0.05) is 31.7 Å². The minimum atomic E-state index is -0.564. The summed E-state index contributed by atoms with van der Waals surface area (Å²) >= 11 is 0. The van der Waals surface area contributed by atoms with Crippen molar-refractivity contribution < 1.29 is 9.47 Å². The summed E-state index contributed by atoms with van der Waals surface area (Å²) in [6.07, 6.45) is 2.15. The third-order valence-electron chi connectivity index (χ3n) is 1.37. The van der Waals surface area contributed by atoms with E-state index < -0.39 is 5.79 Å². The van der Waals surface area contributed by atoms with Crippen LogP contribution in [0.3, 0.4) is 0 Å². The van der Waals surface area contributed by atoms with E-state index in [-0.39, 0.29) is 0 Å². The first kappa shape index (κ1) is 8.74. The third-order valence-corrected chi connectivity index (χ3v) is 1.37. The van der Waals surface area contributed by atoms with Crippen LogP contribution in [0, 0.1) is 0 Å². The number of ether oxygens (including phenoxy) is 2. The Bertz CT molecular complexity index is 241. The Morgan fingerprint density at radius 2 is 2.42 bits per heavy atom. The van der Waals surface area contributed by atoms with E-state index in [0.717, 1.165) is 5.76 Å². The molecule has 0 saturated carbocycles. The number of hydrogen-bond donors (Lipinski definition) is 0. The topological polar surface area (TPSA) is 67.2 Å². The molecule has 0 aromatic rings. The van der Waals surface area contributed by atoms with E-state index in [4.69, 9.17) is 15.0 Å². The molecule has 1 aliphatic rings. The predicted molar refractivity (Wildman–Crippen MR) is 43.0 cm³/mol. The zero-order valence-corrected chi connectivity index (χ0v) is 7.15. The molecule has 0 atom stereocenters. The number of hydrogen-bond acceptors (Lipinski definition) is 3. The molecule has 0 spiro atoms. The molecule has 66 valence electrons. The largest absolute Gasteiger partial charge is 0.457 e. The zero-order valence-electron chi connectivity index (χ0n) is 7.15. The molecule has 0 amide bonds. The van der Waals surface area contributed by atoms with E-state index >= 15 is 0 Å². The highest BCUT2D eigenvalue weighted by atomic mass is 16.7. The van der Waals surface area contributed by atoms with Gasteiger partial charge in [-0.05, 0) is 5.53 Å². The van der Waals surface area contributed by atoms with Crippen molar-refractivity contribution in [3.63, 3.8) is 0 Å². The maximum absolute atomic E-state index is 8.01. The summed E-state index contributed by atoms with van der Waals surface area (Å²) in [4.78, 5) is 2.63. The van der Waals surface area contributed by atoms with Gasteiger partial charge in [0.15, 0.2) is 0 Å². The maximum atomic E-state index is 8.01. The van der Waals surface area contributed by atoms with Crippen LogP contribution in [0.2, 0.25) is 0 Å². The van der Waals surface area contributed by atoms with Gasteiger partial charge in [0.2, 0.25) is 5.79 Å². The van der Waals surface area contributed by atoms with E-state index in [1.54, 1.807) is 6.26 Å². The van der Waals surface area contributed by atoms with E-state index in [2.05, 4.69) is 10.0 Å². The third kappa shape index (κ3) is 2.36. The van der Waals surface area contributed by atoms with Crippen LogP contribution in [-0.2, 0) is 9.47 Å². The van der Waals surface area contributed by atoms with Gasteiger partial charge >= 0.3 is 0 Å². The van der Waals surface area contributed by atoms with Crippen molar-refractivity contribution in [2.75, 3.05) is 6.54 Å². The van der Waals surface area contributed by atoms with Gasteiger partial charge in [0.05, 0.1) is 0 Å². The van der Waals surface area contributed by atoms with Crippen molar-refractivity contribution in [1.29, 1.82) is 0 Å². The van der Waals surface area contributed by atoms with Crippen LogP contribution in [0.4, 0.5) is 0 Å². The second-order valence-corrected chi connectivity index (χ2v) is 2.91. The summed E-state index contributed by atoms with van der Waals surface area (Å²) in [5.74, 6) is 0.165. The fraction of sp³-hybridized carbons (Fsp3) is 0.714. The van der Waals surface area contributed by atoms with Gasteiger partial charge < -0.3 is 9.47 Å². The maximum Gasteiger partial charge on any atom is 0.244 e. The fourth-order valence-electron chi connectivity index (χ4n) is 0.886. The highest BCUT2D eigenvalue weighted by Crippen LogP contribution is 2.25. The lowest BCUT2D eigenvalue weighted by Gasteiger charge is -2.17. The van der Waals surface area contributed by atoms with Crippen molar-refractivity contribution in [2.45, 2.75) is 26.1 Å². The Morgan fingerprint density at radius 3 is 2.92 bits per heavy atom. The molecule has 1 heterocycles. The molecule has 0 aromatic carbocycles. The van der Waals surface area contributed by atoms with E-state index in [1.165, 1.54) is 0 Å². The molecular weight excluding hydrogens is 158 g/mol. The molecule has 1 aliphatic heterocycles. The van der Waals surface area contributed by atoms with Gasteiger partial charge in [0.1, 0.15) is 12.0 Å². The normalized spacial score (nSPS) is 18.7. The highest BCUT2D eigenvalue weighted by molar-refractivity contribution is 4.95. The molecule has 0 bridgehead atoms. The van der Waals surface area contributed by atoms with Gasteiger partial charge in [-0.15, -0.1) is 0 Å². The molecule has 0 aromatic heterocycles. The van der Waals surface area contributed by atoms with Gasteiger partial charge in [-0.2, -0.15) is 0 Å².